The second-order valence-electron chi connectivity index (χ2n) is 7.54. The minimum Gasteiger partial charge on any atom is -0.496 e. The van der Waals surface area contributed by atoms with Crippen molar-refractivity contribution in [1.29, 1.82) is 0 Å². The Morgan fingerprint density at radius 2 is 2.00 bits per heavy atom. The first-order valence-corrected chi connectivity index (χ1v) is 11.1. The second-order valence-corrected chi connectivity index (χ2v) is 9.12. The highest BCUT2D eigenvalue weighted by molar-refractivity contribution is 7.22. The molecule has 12 heteroatoms. The summed E-state index contributed by atoms with van der Waals surface area (Å²) < 4.78 is 41.4. The maximum Gasteiger partial charge on any atom is 0.586 e. The first kappa shape index (κ1) is 21.7. The Morgan fingerprint density at radius 3 is 2.73 bits per heavy atom. The quantitative estimate of drug-likeness (QED) is 0.543. The fourth-order valence-electron chi connectivity index (χ4n) is 3.82. The summed E-state index contributed by atoms with van der Waals surface area (Å²) in [6.45, 7) is 0. The molecule has 0 spiro atoms. The summed E-state index contributed by atoms with van der Waals surface area (Å²) >= 11 is 7.18. The summed E-state index contributed by atoms with van der Waals surface area (Å²) in [5.41, 5.74) is 1.16. The molecule has 1 unspecified atom stereocenters. The number of benzene rings is 2. The molecule has 2 aromatic carbocycles. The van der Waals surface area contributed by atoms with Crippen LogP contribution in [0.2, 0.25) is 4.47 Å². The van der Waals surface area contributed by atoms with Gasteiger partial charge in [0.25, 0.3) is 5.91 Å². The number of halogens is 3. The van der Waals surface area contributed by atoms with E-state index in [0.29, 0.717) is 38.8 Å². The summed E-state index contributed by atoms with van der Waals surface area (Å²) in [4.78, 5) is 30.0. The molecule has 1 fully saturated rings. The maximum absolute atomic E-state index is 13.2. The zero-order valence-electron chi connectivity index (χ0n) is 17.0. The van der Waals surface area contributed by atoms with Crippen LogP contribution in [0.5, 0.6) is 17.2 Å². The van der Waals surface area contributed by atoms with Gasteiger partial charge in [-0.3, -0.25) is 9.59 Å². The van der Waals surface area contributed by atoms with Crippen molar-refractivity contribution in [3.63, 3.8) is 0 Å². The third kappa shape index (κ3) is 4.02. The lowest BCUT2D eigenvalue weighted by atomic mass is 9.78. The molecule has 2 atom stereocenters. The molecule has 2 aliphatic rings. The third-order valence-corrected chi connectivity index (χ3v) is 6.73. The number of methoxy groups -OCH3 is 1. The summed E-state index contributed by atoms with van der Waals surface area (Å²) in [6, 6.07) is 6.94. The largest absolute Gasteiger partial charge is 0.586 e. The topological polar surface area (TPSA) is 98.8 Å². The third-order valence-electron chi connectivity index (χ3n) is 5.54. The monoisotopic (exact) mass is 495 g/mol. The van der Waals surface area contributed by atoms with Crippen LogP contribution in [0, 0.1) is 5.92 Å². The number of nitrogens with one attached hydrogen (secondary N) is 2. The van der Waals surface area contributed by atoms with Gasteiger partial charge in [-0.2, -0.15) is 0 Å². The van der Waals surface area contributed by atoms with E-state index in [-0.39, 0.29) is 23.1 Å². The molecule has 0 saturated heterocycles. The SMILES string of the molecule is COc1ccc2nc(Cl)sc2c1C(=O)NC1CC[C@@H]1C(=O)Nc1ccc2c(c1)OC(F)(F)O2. The lowest BCUT2D eigenvalue weighted by molar-refractivity contribution is -0.286. The Bertz CT molecular complexity index is 1280. The molecule has 2 amide bonds. The number of hydrogen-bond acceptors (Lipinski definition) is 7. The number of anilines is 1. The van der Waals surface area contributed by atoms with Crippen molar-refractivity contribution in [2.45, 2.75) is 25.2 Å². The van der Waals surface area contributed by atoms with Crippen LogP contribution in [0.4, 0.5) is 14.5 Å². The number of aromatic nitrogens is 1. The minimum atomic E-state index is -3.74. The van der Waals surface area contributed by atoms with Gasteiger partial charge >= 0.3 is 6.29 Å². The molecular weight excluding hydrogens is 480 g/mol. The highest BCUT2D eigenvalue weighted by Crippen LogP contribution is 2.42. The van der Waals surface area contributed by atoms with Crippen molar-refractivity contribution < 1.29 is 32.6 Å². The zero-order chi connectivity index (χ0) is 23.3. The van der Waals surface area contributed by atoms with E-state index in [1.165, 1.54) is 36.6 Å². The van der Waals surface area contributed by atoms with Crippen molar-refractivity contribution >= 4 is 50.7 Å². The van der Waals surface area contributed by atoms with Gasteiger partial charge in [-0.1, -0.05) is 11.6 Å². The lowest BCUT2D eigenvalue weighted by Crippen LogP contribution is -2.51. The van der Waals surface area contributed by atoms with E-state index in [4.69, 9.17) is 16.3 Å². The number of rotatable bonds is 5. The number of thiazole rings is 1. The summed E-state index contributed by atoms with van der Waals surface area (Å²) in [6.07, 6.45) is -2.56. The average molecular weight is 496 g/mol. The molecule has 1 aliphatic carbocycles. The van der Waals surface area contributed by atoms with E-state index in [1.54, 1.807) is 12.1 Å². The molecule has 2 heterocycles. The Labute approximate surface area is 194 Å². The van der Waals surface area contributed by atoms with E-state index < -0.39 is 24.2 Å². The van der Waals surface area contributed by atoms with Gasteiger partial charge in [-0.25, -0.2) is 4.98 Å². The normalized spacial score (nSPS) is 20.2. The van der Waals surface area contributed by atoms with Gasteiger partial charge in [0, 0.05) is 17.8 Å². The predicted molar refractivity (Wildman–Crippen MR) is 116 cm³/mol. The molecular formula is C21H16ClF2N3O5S. The smallest absolute Gasteiger partial charge is 0.496 e. The first-order chi connectivity index (χ1) is 15.7. The summed E-state index contributed by atoms with van der Waals surface area (Å²) in [7, 11) is 1.46. The Hall–Kier alpha value is -3.18. The van der Waals surface area contributed by atoms with Crippen molar-refractivity contribution in [2.75, 3.05) is 12.4 Å². The molecule has 33 heavy (non-hydrogen) atoms. The summed E-state index contributed by atoms with van der Waals surface area (Å²) in [5.74, 6) is -1.14. The second kappa shape index (κ2) is 7.99. The number of fused-ring (bicyclic) bond motifs is 2. The molecule has 0 bridgehead atoms. The van der Waals surface area contributed by atoms with Gasteiger partial charge in [0.2, 0.25) is 5.91 Å². The van der Waals surface area contributed by atoms with Gasteiger partial charge in [-0.15, -0.1) is 20.1 Å². The molecule has 1 aromatic heterocycles. The molecule has 5 rings (SSSR count). The molecule has 2 N–H and O–H groups in total. The Kier molecular flexibility index (Phi) is 5.25. The van der Waals surface area contributed by atoms with Crippen molar-refractivity contribution in [2.24, 2.45) is 5.92 Å². The highest BCUT2D eigenvalue weighted by atomic mass is 35.5. The molecule has 0 radical (unpaired) electrons. The maximum atomic E-state index is 13.2. The van der Waals surface area contributed by atoms with Crippen LogP contribution < -0.4 is 24.8 Å². The van der Waals surface area contributed by atoms with E-state index in [0.717, 1.165) is 0 Å². The van der Waals surface area contributed by atoms with Gasteiger partial charge in [0.05, 0.1) is 23.2 Å². The Morgan fingerprint density at radius 1 is 1.21 bits per heavy atom. The van der Waals surface area contributed by atoms with Crippen molar-refractivity contribution in [3.8, 4) is 17.2 Å². The van der Waals surface area contributed by atoms with Crippen molar-refractivity contribution in [3.05, 3.63) is 40.4 Å². The standard InChI is InChI=1S/C21H16ClF2N3O5S/c1-30-14-7-5-12-17(33-20(22)27-12)16(14)19(29)26-11-4-3-10(11)18(28)25-9-2-6-13-15(8-9)32-21(23,24)31-13/h2,5-8,10-11H,3-4H2,1H3,(H,25,28)(H,26,29)/t10-,11?/m0/s1. The van der Waals surface area contributed by atoms with Crippen LogP contribution in [-0.4, -0.2) is 36.2 Å². The number of amides is 2. The zero-order valence-corrected chi connectivity index (χ0v) is 18.6. The molecule has 3 aromatic rings. The molecule has 1 aliphatic heterocycles. The van der Waals surface area contributed by atoms with Gasteiger partial charge in [0.15, 0.2) is 16.0 Å². The predicted octanol–water partition coefficient (Wildman–Crippen LogP) is 4.43. The number of carbonyl (C=O) groups excluding carboxylic acids is 2. The highest BCUT2D eigenvalue weighted by Gasteiger charge is 2.44. The van der Waals surface area contributed by atoms with Crippen LogP contribution >= 0.6 is 22.9 Å². The number of nitrogens with zero attached hydrogens (tertiary/aromatic N) is 1. The van der Waals surface area contributed by atoms with Gasteiger partial charge in [0.1, 0.15) is 11.3 Å². The number of hydrogen-bond donors (Lipinski definition) is 2. The average Bonchev–Trinajstić information content (AvgIpc) is 3.26. The van der Waals surface area contributed by atoms with Crippen molar-refractivity contribution in [1.82, 2.24) is 10.3 Å². The first-order valence-electron chi connectivity index (χ1n) is 9.89. The van der Waals surface area contributed by atoms with Gasteiger partial charge < -0.3 is 24.8 Å². The van der Waals surface area contributed by atoms with Gasteiger partial charge in [-0.05, 0) is 37.1 Å². The van der Waals surface area contributed by atoms with E-state index in [2.05, 4.69) is 25.1 Å². The van der Waals surface area contributed by atoms with E-state index in [9.17, 15) is 18.4 Å². The summed E-state index contributed by atoms with van der Waals surface area (Å²) in [5, 5.41) is 5.57. The van der Waals surface area contributed by atoms with Crippen LogP contribution in [0.1, 0.15) is 23.2 Å². The fraction of sp³-hybridized carbons (Fsp3) is 0.286. The van der Waals surface area contributed by atoms with E-state index in [1.807, 2.05) is 0 Å². The molecule has 1 saturated carbocycles. The van der Waals surface area contributed by atoms with Crippen LogP contribution in [0.25, 0.3) is 10.2 Å². The minimum absolute atomic E-state index is 0.113. The van der Waals surface area contributed by atoms with E-state index >= 15 is 0 Å². The lowest BCUT2D eigenvalue weighted by Gasteiger charge is -2.36. The Balaban J connectivity index is 1.29. The van der Waals surface area contributed by atoms with Crippen LogP contribution in [-0.2, 0) is 4.79 Å². The number of ether oxygens (including phenoxy) is 3. The molecule has 172 valence electrons. The number of carbonyl (C=O) groups is 2. The van der Waals surface area contributed by atoms with Crippen LogP contribution in [0.15, 0.2) is 30.3 Å². The fourth-order valence-corrected chi connectivity index (χ4v) is 4.97. The number of alkyl halides is 2. The van der Waals surface area contributed by atoms with Crippen LogP contribution in [0.3, 0.4) is 0 Å². The molecule has 8 nitrogen and oxygen atoms in total.